The van der Waals surface area contributed by atoms with Crippen LogP contribution >= 0.6 is 0 Å². The van der Waals surface area contributed by atoms with Crippen LogP contribution in [-0.2, 0) is 9.47 Å². The lowest BCUT2D eigenvalue weighted by Gasteiger charge is -2.69. The molecule has 54 heavy (non-hydrogen) atoms. The molecule has 278 valence electrons. The van der Waals surface area contributed by atoms with Gasteiger partial charge in [-0.15, -0.1) is 0 Å². The molecule has 0 saturated carbocycles. The van der Waals surface area contributed by atoms with Gasteiger partial charge in [-0.1, -0.05) is 62.4 Å². The van der Waals surface area contributed by atoms with E-state index in [-0.39, 0.29) is 35.5 Å². The van der Waals surface area contributed by atoms with Gasteiger partial charge in [0.2, 0.25) is 11.6 Å². The summed E-state index contributed by atoms with van der Waals surface area (Å²) in [5, 5.41) is 6.05. The Balaban J connectivity index is 0.949. The van der Waals surface area contributed by atoms with E-state index >= 15 is 0 Å². The van der Waals surface area contributed by atoms with E-state index in [1.165, 1.54) is 14.2 Å². The van der Waals surface area contributed by atoms with Crippen molar-refractivity contribution in [3.05, 3.63) is 95.1 Å². The Hall–Kier alpha value is -5.34. The molecule has 2 aromatic carbocycles. The van der Waals surface area contributed by atoms with Gasteiger partial charge in [0, 0.05) is 70.9 Å². The van der Waals surface area contributed by atoms with E-state index in [9.17, 15) is 19.2 Å². The van der Waals surface area contributed by atoms with Crippen LogP contribution in [0.25, 0.3) is 11.1 Å². The molecule has 4 aromatic rings. The summed E-state index contributed by atoms with van der Waals surface area (Å²) in [6.07, 6.45) is 6.00. The third kappa shape index (κ3) is 3.77. The van der Waals surface area contributed by atoms with Crippen LogP contribution in [0.5, 0.6) is 0 Å². The van der Waals surface area contributed by atoms with Gasteiger partial charge >= 0.3 is 12.2 Å². The molecule has 10 heterocycles. The summed E-state index contributed by atoms with van der Waals surface area (Å²) in [6.45, 7) is 5.54. The Labute approximate surface area is 311 Å². The van der Waals surface area contributed by atoms with Gasteiger partial charge in [-0.25, -0.2) is 19.6 Å². The molecule has 8 aliphatic rings. The first-order chi connectivity index (χ1) is 26.0. The summed E-state index contributed by atoms with van der Waals surface area (Å²) in [5.74, 6) is 1.07. The molecule has 0 radical (unpaired) electrons. The van der Waals surface area contributed by atoms with Crippen molar-refractivity contribution in [2.24, 2.45) is 10.8 Å². The number of hydrogen-bond donors (Lipinski definition) is 4. The molecule has 2 amide bonds. The number of nitrogens with one attached hydrogen (secondary N) is 4. The number of H-pyrrole nitrogens is 2. The van der Waals surface area contributed by atoms with Crippen LogP contribution in [0.4, 0.5) is 9.59 Å². The van der Waals surface area contributed by atoms with E-state index in [1.807, 2.05) is 36.7 Å². The molecule has 4 N–H and O–H groups in total. The van der Waals surface area contributed by atoms with Crippen LogP contribution in [0.3, 0.4) is 0 Å². The number of alkyl carbamates (subject to hydrolysis) is 2. The van der Waals surface area contributed by atoms with Crippen LogP contribution in [0.15, 0.2) is 60.9 Å². The highest BCUT2D eigenvalue weighted by Gasteiger charge is 2.79. The van der Waals surface area contributed by atoms with E-state index in [0.29, 0.717) is 24.2 Å². The summed E-state index contributed by atoms with van der Waals surface area (Å²) in [6, 6.07) is 14.9. The van der Waals surface area contributed by atoms with Gasteiger partial charge < -0.3 is 19.4 Å². The average molecular weight is 731 g/mol. The average Bonchev–Trinajstić information content (AvgIpc) is 4.04. The quantitative estimate of drug-likeness (QED) is 0.179. The lowest BCUT2D eigenvalue weighted by molar-refractivity contribution is -0.179. The van der Waals surface area contributed by atoms with Crippen molar-refractivity contribution in [2.45, 2.75) is 74.8 Å². The van der Waals surface area contributed by atoms with Crippen LogP contribution in [0.2, 0.25) is 0 Å². The molecule has 0 aliphatic carbocycles. The summed E-state index contributed by atoms with van der Waals surface area (Å²) >= 11 is 0. The van der Waals surface area contributed by atoms with Crippen molar-refractivity contribution in [3.8, 4) is 11.1 Å². The van der Waals surface area contributed by atoms with Crippen LogP contribution in [0.1, 0.15) is 95.1 Å². The van der Waals surface area contributed by atoms with Gasteiger partial charge in [-0.05, 0) is 36.8 Å². The smallest absolute Gasteiger partial charge is 0.408 e. The number of methoxy groups -OCH3 is 2. The zero-order valence-corrected chi connectivity index (χ0v) is 30.6. The highest BCUT2D eigenvalue weighted by molar-refractivity contribution is 6.08. The van der Waals surface area contributed by atoms with Gasteiger partial charge in [0.25, 0.3) is 0 Å². The largest absolute Gasteiger partial charge is 0.453 e. The summed E-state index contributed by atoms with van der Waals surface area (Å²) in [7, 11) is 2.62. The Morgan fingerprint density at radius 1 is 0.667 bits per heavy atom. The fourth-order valence-corrected chi connectivity index (χ4v) is 11.7. The number of aromatic nitrogens is 4. The van der Waals surface area contributed by atoms with Crippen LogP contribution < -0.4 is 10.6 Å². The summed E-state index contributed by atoms with van der Waals surface area (Å²) in [4.78, 5) is 75.3. The monoisotopic (exact) mass is 730 g/mol. The molecular formula is C40H42N8O6. The van der Waals surface area contributed by atoms with Crippen molar-refractivity contribution in [1.82, 2.24) is 40.4 Å². The molecule has 8 aliphatic heterocycles. The molecule has 0 unspecified atom stereocenters. The predicted molar refractivity (Wildman–Crippen MR) is 194 cm³/mol. The number of Topliss-reactive ketones (excluding diaryl/α,β-unsaturated/α-hetero) is 2. The van der Waals surface area contributed by atoms with Crippen molar-refractivity contribution in [2.75, 3.05) is 27.3 Å². The summed E-state index contributed by atoms with van der Waals surface area (Å²) in [5.41, 5.74) is 0.643. The molecule has 4 bridgehead atoms. The fourth-order valence-electron chi connectivity index (χ4n) is 11.7. The highest BCUT2D eigenvalue weighted by atomic mass is 16.5. The molecule has 12 rings (SSSR count). The topological polar surface area (TPSA) is 175 Å². The van der Waals surface area contributed by atoms with Crippen molar-refractivity contribution >= 4 is 23.8 Å². The number of ether oxygens (including phenoxy) is 2. The lowest BCUT2D eigenvalue weighted by atomic mass is 9.51. The van der Waals surface area contributed by atoms with Gasteiger partial charge in [-0.3, -0.25) is 30.0 Å². The maximum absolute atomic E-state index is 14.8. The minimum absolute atomic E-state index is 0.0964. The minimum atomic E-state index is -1.32. The van der Waals surface area contributed by atoms with Gasteiger partial charge in [0.05, 0.1) is 26.1 Å². The zero-order chi connectivity index (χ0) is 37.4. The Morgan fingerprint density at radius 3 is 1.37 bits per heavy atom. The number of carbonyl (C=O) groups is 4. The lowest BCUT2D eigenvalue weighted by Crippen LogP contribution is -2.87. The van der Waals surface area contributed by atoms with E-state index in [2.05, 4.69) is 54.2 Å². The number of ketones is 2. The molecule has 0 spiro atoms. The van der Waals surface area contributed by atoms with Crippen molar-refractivity contribution in [3.63, 3.8) is 0 Å². The molecule has 4 saturated heterocycles. The molecule has 2 aromatic heterocycles. The summed E-state index contributed by atoms with van der Waals surface area (Å²) < 4.78 is 10.2. The Kier molecular flexibility index (Phi) is 6.84. The Bertz CT molecular complexity index is 2040. The van der Waals surface area contributed by atoms with E-state index in [4.69, 9.17) is 9.47 Å². The van der Waals surface area contributed by atoms with E-state index in [0.717, 1.165) is 59.8 Å². The second-order valence-electron chi connectivity index (χ2n) is 16.0. The van der Waals surface area contributed by atoms with Gasteiger partial charge in [0.1, 0.15) is 11.6 Å². The molecule has 14 nitrogen and oxygen atoms in total. The second kappa shape index (κ2) is 11.1. The number of fused-ring (bicyclic) bond motifs is 4. The Morgan fingerprint density at radius 2 is 1.06 bits per heavy atom. The third-order valence-corrected chi connectivity index (χ3v) is 14.1. The first-order valence-electron chi connectivity index (χ1n) is 18.7. The molecule has 4 fully saturated rings. The van der Waals surface area contributed by atoms with Crippen molar-refractivity contribution in [1.29, 1.82) is 0 Å². The predicted octanol–water partition coefficient (Wildman–Crippen LogP) is 4.53. The van der Waals surface area contributed by atoms with E-state index in [1.54, 1.807) is 24.3 Å². The van der Waals surface area contributed by atoms with Crippen LogP contribution in [-0.4, -0.2) is 104 Å². The maximum atomic E-state index is 14.8. The molecule has 14 heteroatoms. The SMILES string of the molecule is COC(=O)N[C@]1(C(=O)c2ccc(-c3ccc(C(=O)[C@@]4(NC(=O)OC)N5CCC[C@@H]5[C@]4(C)[C@H]4c5cnc4[nH]5)cc3)cc2)N2CCC[C@@H]2[C@]1(C)[C@H]1c2cnc1[nH]2. The first kappa shape index (κ1) is 33.2. The number of imidazole rings is 2. The number of hydrogen-bond acceptors (Lipinski definition) is 10. The van der Waals surface area contributed by atoms with Gasteiger partial charge in [-0.2, -0.15) is 0 Å². The number of carbonyl (C=O) groups excluding carboxylic acids is 4. The van der Waals surface area contributed by atoms with E-state index < -0.39 is 34.3 Å². The zero-order valence-electron chi connectivity index (χ0n) is 30.6. The number of aromatic amines is 2. The minimum Gasteiger partial charge on any atom is -0.453 e. The number of rotatable bonds is 9. The maximum Gasteiger partial charge on any atom is 0.408 e. The fraction of sp³-hybridized carbons (Fsp3) is 0.450. The molecular weight excluding hydrogens is 688 g/mol. The third-order valence-electron chi connectivity index (χ3n) is 14.1. The normalized spacial score (nSPS) is 33.9. The molecule has 8 atom stereocenters. The standard InChI is InChI=1S/C40H42N8O6/c1-37(29-25-19-41-33(29)43-25)27-7-5-17-47(27)39(37,45-35(51)53-3)31(49)23-13-9-21(10-14-23)22-11-15-24(16-12-22)32(50)40(46-36(52)54-4)38(2,28-8-6-18-48(28)40)30-26-20-42-34(30)44-26/h9-16,19-20,27-30H,5-8,17-18H2,1-4H3,(H,41,43)(H,42,44)(H,45,51)(H,46,52)/t27-,28-,29+,30+,37-,38-,39-,40-/m1/s1. The van der Waals surface area contributed by atoms with Crippen molar-refractivity contribution < 1.29 is 28.7 Å². The number of nitrogens with zero attached hydrogens (tertiary/aromatic N) is 4. The number of amides is 2. The first-order valence-corrected chi connectivity index (χ1v) is 18.7. The van der Waals surface area contributed by atoms with Gasteiger partial charge in [0.15, 0.2) is 11.3 Å². The van der Waals surface area contributed by atoms with Crippen LogP contribution in [0, 0.1) is 10.8 Å². The second-order valence-corrected chi connectivity index (χ2v) is 16.0. The highest BCUT2D eigenvalue weighted by Crippen LogP contribution is 2.67. The number of benzene rings is 2.